The average Bonchev–Trinajstić information content (AvgIpc) is 3.21. The fourth-order valence-corrected chi connectivity index (χ4v) is 4.66. The molecule has 2 aliphatic rings. The molecule has 0 bridgehead atoms. The highest BCUT2D eigenvalue weighted by Gasteiger charge is 2.27. The Balaban J connectivity index is 1.19. The fraction of sp³-hybridized carbons (Fsp3) is 0.609. The summed E-state index contributed by atoms with van der Waals surface area (Å²) < 4.78 is 7.43. The lowest BCUT2D eigenvalue weighted by Gasteiger charge is -2.42. The number of hydrogen-bond acceptors (Lipinski definition) is 5. The summed E-state index contributed by atoms with van der Waals surface area (Å²) in [7, 11) is 1.75. The molecule has 0 unspecified atom stereocenters. The van der Waals surface area contributed by atoms with Crippen molar-refractivity contribution in [1.82, 2.24) is 24.3 Å². The molecule has 2 saturated heterocycles. The summed E-state index contributed by atoms with van der Waals surface area (Å²) in [6.07, 6.45) is 6.53. The zero-order chi connectivity index (χ0) is 19.9. The van der Waals surface area contributed by atoms with Crippen molar-refractivity contribution < 1.29 is 4.74 Å². The molecule has 6 heteroatoms. The molecule has 0 amide bonds. The number of nitrogens with zero attached hydrogens (tertiary/aromatic N) is 5. The molecule has 0 saturated carbocycles. The number of ether oxygens (including phenoxy) is 1. The lowest BCUT2D eigenvalue weighted by molar-refractivity contribution is 0.0541. The van der Waals surface area contributed by atoms with Crippen LogP contribution >= 0.6 is 0 Å². The maximum absolute atomic E-state index is 5.21. The predicted octanol–water partition coefficient (Wildman–Crippen LogP) is 2.31. The minimum Gasteiger partial charge on any atom is -0.383 e. The van der Waals surface area contributed by atoms with Gasteiger partial charge in [-0.3, -0.25) is 14.7 Å². The molecular weight excluding hydrogens is 362 g/mol. The Morgan fingerprint density at radius 2 is 1.66 bits per heavy atom. The second-order valence-corrected chi connectivity index (χ2v) is 8.33. The number of piperazine rings is 1. The van der Waals surface area contributed by atoms with Gasteiger partial charge in [-0.25, -0.2) is 4.98 Å². The summed E-state index contributed by atoms with van der Waals surface area (Å²) in [5.41, 5.74) is 1.43. The zero-order valence-electron chi connectivity index (χ0n) is 17.7. The largest absolute Gasteiger partial charge is 0.383 e. The second kappa shape index (κ2) is 10.3. The number of benzene rings is 1. The van der Waals surface area contributed by atoms with Crippen LogP contribution in [0.1, 0.15) is 24.2 Å². The van der Waals surface area contributed by atoms with Gasteiger partial charge in [-0.2, -0.15) is 0 Å². The number of likely N-dealkylation sites (tertiary alicyclic amines) is 1. The van der Waals surface area contributed by atoms with Crippen LogP contribution in [0.3, 0.4) is 0 Å². The van der Waals surface area contributed by atoms with E-state index < -0.39 is 0 Å². The van der Waals surface area contributed by atoms with Crippen molar-refractivity contribution in [1.29, 1.82) is 0 Å². The van der Waals surface area contributed by atoms with Crippen molar-refractivity contribution >= 4 is 0 Å². The SMILES string of the molecule is COCCn1ccnc1CN1CCC(N2CCN(Cc3ccccc3)CC2)CC1. The Bertz CT molecular complexity index is 718. The molecule has 1 aromatic carbocycles. The van der Waals surface area contributed by atoms with E-state index in [1.54, 1.807) is 7.11 Å². The number of imidazole rings is 1. The molecular formula is C23H35N5O. The van der Waals surface area contributed by atoms with Crippen LogP contribution in [0, 0.1) is 0 Å². The Labute approximate surface area is 175 Å². The van der Waals surface area contributed by atoms with E-state index in [1.807, 2.05) is 6.20 Å². The van der Waals surface area contributed by atoms with Crippen LogP contribution in [0.15, 0.2) is 42.7 Å². The van der Waals surface area contributed by atoms with Crippen molar-refractivity contribution in [3.05, 3.63) is 54.1 Å². The van der Waals surface area contributed by atoms with Crippen LogP contribution in [0.4, 0.5) is 0 Å². The summed E-state index contributed by atoms with van der Waals surface area (Å²) in [5, 5.41) is 0. The normalized spacial score (nSPS) is 20.3. The molecule has 0 spiro atoms. The van der Waals surface area contributed by atoms with E-state index in [0.717, 1.165) is 38.1 Å². The lowest BCUT2D eigenvalue weighted by atomic mass is 10.0. The molecule has 29 heavy (non-hydrogen) atoms. The summed E-state index contributed by atoms with van der Waals surface area (Å²) in [4.78, 5) is 12.5. The van der Waals surface area contributed by atoms with Crippen LogP contribution in [-0.2, 0) is 24.4 Å². The van der Waals surface area contributed by atoms with Crippen molar-refractivity contribution in [2.45, 2.75) is 38.5 Å². The highest BCUT2D eigenvalue weighted by Crippen LogP contribution is 2.20. The standard InChI is InChI=1S/C23H35N5O/c1-29-18-17-28-12-9-24-23(28)20-25-10-7-22(8-11-25)27-15-13-26(14-16-27)19-21-5-3-2-4-6-21/h2-6,9,12,22H,7-8,10-11,13-20H2,1H3. The Hall–Kier alpha value is -1.73. The molecule has 0 radical (unpaired) electrons. The van der Waals surface area contributed by atoms with E-state index in [1.165, 1.54) is 57.7 Å². The number of rotatable bonds is 8. The van der Waals surface area contributed by atoms with Gasteiger partial charge in [-0.05, 0) is 18.4 Å². The number of methoxy groups -OCH3 is 1. The predicted molar refractivity (Wildman–Crippen MR) is 116 cm³/mol. The maximum atomic E-state index is 5.21. The third kappa shape index (κ3) is 5.66. The van der Waals surface area contributed by atoms with Crippen molar-refractivity contribution in [2.24, 2.45) is 0 Å². The van der Waals surface area contributed by atoms with Gasteiger partial charge in [0.1, 0.15) is 5.82 Å². The van der Waals surface area contributed by atoms with Gasteiger partial charge in [0, 0.05) is 77.9 Å². The van der Waals surface area contributed by atoms with Gasteiger partial charge in [-0.15, -0.1) is 0 Å². The summed E-state index contributed by atoms with van der Waals surface area (Å²) >= 11 is 0. The molecule has 6 nitrogen and oxygen atoms in total. The smallest absolute Gasteiger partial charge is 0.122 e. The Kier molecular flexibility index (Phi) is 7.33. The van der Waals surface area contributed by atoms with Crippen LogP contribution in [0.25, 0.3) is 0 Å². The van der Waals surface area contributed by atoms with E-state index in [2.05, 4.69) is 60.8 Å². The van der Waals surface area contributed by atoms with Crippen LogP contribution in [-0.4, -0.2) is 83.3 Å². The zero-order valence-corrected chi connectivity index (χ0v) is 17.7. The number of piperidine rings is 1. The lowest BCUT2D eigenvalue weighted by Crippen LogP contribution is -2.52. The van der Waals surface area contributed by atoms with E-state index in [-0.39, 0.29) is 0 Å². The fourth-order valence-electron chi connectivity index (χ4n) is 4.66. The first kappa shape index (κ1) is 20.5. The molecule has 2 fully saturated rings. The summed E-state index contributed by atoms with van der Waals surface area (Å²) in [5.74, 6) is 1.16. The molecule has 2 aromatic rings. The number of hydrogen-bond donors (Lipinski definition) is 0. The first-order chi connectivity index (χ1) is 14.3. The summed E-state index contributed by atoms with van der Waals surface area (Å²) in [6.45, 7) is 10.8. The van der Waals surface area contributed by atoms with Crippen LogP contribution in [0.2, 0.25) is 0 Å². The van der Waals surface area contributed by atoms with Crippen molar-refractivity contribution in [3.63, 3.8) is 0 Å². The van der Waals surface area contributed by atoms with Crippen LogP contribution < -0.4 is 0 Å². The van der Waals surface area contributed by atoms with Crippen molar-refractivity contribution in [3.8, 4) is 0 Å². The minimum absolute atomic E-state index is 0.738. The topological polar surface area (TPSA) is 36.8 Å². The minimum atomic E-state index is 0.738. The highest BCUT2D eigenvalue weighted by molar-refractivity contribution is 5.14. The molecule has 158 valence electrons. The first-order valence-corrected chi connectivity index (χ1v) is 11.0. The quantitative estimate of drug-likeness (QED) is 0.683. The van der Waals surface area contributed by atoms with Crippen LogP contribution in [0.5, 0.6) is 0 Å². The molecule has 4 rings (SSSR count). The monoisotopic (exact) mass is 397 g/mol. The van der Waals surface area contributed by atoms with E-state index in [4.69, 9.17) is 4.74 Å². The molecule has 0 N–H and O–H groups in total. The Morgan fingerprint density at radius 1 is 0.931 bits per heavy atom. The van der Waals surface area contributed by atoms with Gasteiger partial charge in [0.2, 0.25) is 0 Å². The van der Waals surface area contributed by atoms with E-state index in [0.29, 0.717) is 0 Å². The molecule has 0 aliphatic carbocycles. The maximum Gasteiger partial charge on any atom is 0.122 e. The van der Waals surface area contributed by atoms with Gasteiger partial charge >= 0.3 is 0 Å². The molecule has 0 atom stereocenters. The summed E-state index contributed by atoms with van der Waals surface area (Å²) in [6, 6.07) is 11.6. The van der Waals surface area contributed by atoms with Gasteiger partial charge in [0.05, 0.1) is 13.2 Å². The van der Waals surface area contributed by atoms with E-state index >= 15 is 0 Å². The second-order valence-electron chi connectivity index (χ2n) is 8.33. The van der Waals surface area contributed by atoms with Gasteiger partial charge in [0.25, 0.3) is 0 Å². The molecule has 2 aliphatic heterocycles. The van der Waals surface area contributed by atoms with Gasteiger partial charge in [0.15, 0.2) is 0 Å². The highest BCUT2D eigenvalue weighted by atomic mass is 16.5. The average molecular weight is 398 g/mol. The van der Waals surface area contributed by atoms with Gasteiger partial charge < -0.3 is 9.30 Å². The molecule has 1 aromatic heterocycles. The van der Waals surface area contributed by atoms with E-state index in [9.17, 15) is 0 Å². The van der Waals surface area contributed by atoms with Gasteiger partial charge in [-0.1, -0.05) is 30.3 Å². The first-order valence-electron chi connectivity index (χ1n) is 11.0. The Morgan fingerprint density at radius 3 is 2.38 bits per heavy atom. The number of aromatic nitrogens is 2. The third-order valence-electron chi connectivity index (χ3n) is 6.43. The third-order valence-corrected chi connectivity index (χ3v) is 6.43. The molecule has 3 heterocycles. The van der Waals surface area contributed by atoms with Crippen molar-refractivity contribution in [2.75, 3.05) is 53.0 Å².